The summed E-state index contributed by atoms with van der Waals surface area (Å²) < 4.78 is 0. The molecule has 0 bridgehead atoms. The molecule has 10 heteroatoms. The zero-order valence-corrected chi connectivity index (χ0v) is 18.9. The van der Waals surface area contributed by atoms with Crippen LogP contribution in [0.4, 0.5) is 0 Å². The molecule has 0 aliphatic carbocycles. The van der Waals surface area contributed by atoms with E-state index in [0.717, 1.165) is 11.6 Å². The van der Waals surface area contributed by atoms with E-state index in [-0.39, 0.29) is 25.3 Å². The molecule has 2 aliphatic rings. The largest absolute Gasteiger partial charge is 0.480 e. The summed E-state index contributed by atoms with van der Waals surface area (Å²) in [6.45, 7) is 4.03. The van der Waals surface area contributed by atoms with Crippen LogP contribution in [0.5, 0.6) is 0 Å². The molecule has 34 heavy (non-hydrogen) atoms. The van der Waals surface area contributed by atoms with E-state index in [9.17, 15) is 29.1 Å². The van der Waals surface area contributed by atoms with Gasteiger partial charge in [0.1, 0.15) is 18.1 Å². The highest BCUT2D eigenvalue weighted by molar-refractivity contribution is 5.96. The third kappa shape index (κ3) is 5.62. The Hall–Kier alpha value is -3.69. The molecule has 0 aromatic heterocycles. The van der Waals surface area contributed by atoms with Gasteiger partial charge in [0.25, 0.3) is 0 Å². The van der Waals surface area contributed by atoms with E-state index in [0.29, 0.717) is 25.8 Å². The first kappa shape index (κ1) is 24.9. The highest BCUT2D eigenvalue weighted by Crippen LogP contribution is 2.28. The summed E-state index contributed by atoms with van der Waals surface area (Å²) in [7, 11) is 0. The summed E-state index contributed by atoms with van der Waals surface area (Å²) in [5.41, 5.74) is 6.05. The number of nitrogens with zero attached hydrogens (tertiary/aromatic N) is 2. The van der Waals surface area contributed by atoms with E-state index in [1.165, 1.54) is 9.80 Å². The second-order valence-corrected chi connectivity index (χ2v) is 8.68. The Morgan fingerprint density at radius 3 is 2.44 bits per heavy atom. The molecule has 10 nitrogen and oxygen atoms in total. The van der Waals surface area contributed by atoms with Crippen LogP contribution < -0.4 is 11.1 Å². The zero-order valence-electron chi connectivity index (χ0n) is 18.9. The minimum atomic E-state index is -1.22. The Bertz CT molecular complexity index is 965. The lowest BCUT2D eigenvalue weighted by molar-refractivity contribution is -0.151. The number of primary amides is 1. The number of amides is 4. The molecular weight excluding hydrogens is 440 g/mol. The molecule has 4 atom stereocenters. The van der Waals surface area contributed by atoms with Gasteiger partial charge in [0.05, 0.1) is 0 Å². The smallest absolute Gasteiger partial charge is 0.326 e. The van der Waals surface area contributed by atoms with Crippen molar-refractivity contribution in [3.63, 3.8) is 0 Å². The van der Waals surface area contributed by atoms with Gasteiger partial charge in [-0.15, -0.1) is 0 Å². The predicted octanol–water partition coefficient (Wildman–Crippen LogP) is 0.0680. The molecule has 0 saturated carbocycles. The molecule has 2 aliphatic heterocycles. The Morgan fingerprint density at radius 1 is 1.12 bits per heavy atom. The zero-order chi connectivity index (χ0) is 24.8. The highest BCUT2D eigenvalue weighted by Gasteiger charge is 2.45. The third-order valence-electron chi connectivity index (χ3n) is 6.43. The Morgan fingerprint density at radius 2 is 1.82 bits per heavy atom. The van der Waals surface area contributed by atoms with Crippen molar-refractivity contribution in [2.45, 2.75) is 50.2 Å². The van der Waals surface area contributed by atoms with Crippen LogP contribution in [-0.2, 0) is 30.4 Å². The molecule has 0 unspecified atom stereocenters. The van der Waals surface area contributed by atoms with Gasteiger partial charge in [0.15, 0.2) is 0 Å². The summed E-state index contributed by atoms with van der Waals surface area (Å²) in [4.78, 5) is 64.9. The van der Waals surface area contributed by atoms with Crippen LogP contribution in [0.25, 0.3) is 0 Å². The molecule has 4 N–H and O–H groups in total. The standard InChI is InChI=1S/C24H30N4O6/c1-2-20(30)27-11-6-9-18(27)22(31)26-17(13-15-7-4-3-5-8-15)23(32)28-12-10-16(14-19(25)29)21(28)24(33)34/h2-5,7-8,16-18,21H,1,6,9-14H2,(H2,25,29)(H,26,31)(H,33,34)/t16-,17+,18+,21+/m1/s1. The highest BCUT2D eigenvalue weighted by atomic mass is 16.4. The number of carbonyl (C=O) groups excluding carboxylic acids is 4. The van der Waals surface area contributed by atoms with Crippen LogP contribution in [0.15, 0.2) is 43.0 Å². The van der Waals surface area contributed by atoms with Gasteiger partial charge >= 0.3 is 5.97 Å². The Balaban J connectivity index is 1.84. The fourth-order valence-electron chi connectivity index (χ4n) is 4.85. The van der Waals surface area contributed by atoms with E-state index < -0.39 is 47.7 Å². The lowest BCUT2D eigenvalue weighted by atomic mass is 9.96. The van der Waals surface area contributed by atoms with E-state index in [4.69, 9.17) is 5.73 Å². The van der Waals surface area contributed by atoms with Crippen molar-refractivity contribution in [2.24, 2.45) is 11.7 Å². The van der Waals surface area contributed by atoms with Gasteiger partial charge in [-0.25, -0.2) is 4.79 Å². The number of nitrogens with two attached hydrogens (primary N) is 1. The number of likely N-dealkylation sites (tertiary alicyclic amines) is 2. The average Bonchev–Trinajstić information content (AvgIpc) is 3.45. The molecule has 0 spiro atoms. The minimum Gasteiger partial charge on any atom is -0.480 e. The van der Waals surface area contributed by atoms with Crippen molar-refractivity contribution in [1.29, 1.82) is 0 Å². The van der Waals surface area contributed by atoms with Crippen molar-refractivity contribution in [1.82, 2.24) is 15.1 Å². The lowest BCUT2D eigenvalue weighted by Crippen LogP contribution is -2.56. The summed E-state index contributed by atoms with van der Waals surface area (Å²) in [5, 5.41) is 12.5. The maximum absolute atomic E-state index is 13.6. The molecule has 182 valence electrons. The molecule has 1 aromatic rings. The quantitative estimate of drug-likeness (QED) is 0.435. The minimum absolute atomic E-state index is 0.138. The molecular formula is C24H30N4O6. The molecule has 2 heterocycles. The van der Waals surface area contributed by atoms with Crippen molar-refractivity contribution in [3.8, 4) is 0 Å². The summed E-state index contributed by atoms with van der Waals surface area (Å²) in [6.07, 6.45) is 2.59. The van der Waals surface area contributed by atoms with Gasteiger partial charge in [-0.05, 0) is 30.9 Å². The molecule has 3 rings (SSSR count). The number of hydrogen-bond acceptors (Lipinski definition) is 5. The van der Waals surface area contributed by atoms with Crippen LogP contribution in [0.2, 0.25) is 0 Å². The second-order valence-electron chi connectivity index (χ2n) is 8.68. The maximum Gasteiger partial charge on any atom is 0.326 e. The van der Waals surface area contributed by atoms with Crippen LogP contribution in [0.3, 0.4) is 0 Å². The fourth-order valence-corrected chi connectivity index (χ4v) is 4.85. The third-order valence-corrected chi connectivity index (χ3v) is 6.43. The summed E-state index contributed by atoms with van der Waals surface area (Å²) in [5.74, 6) is -3.82. The number of benzene rings is 1. The van der Waals surface area contributed by atoms with Crippen molar-refractivity contribution in [3.05, 3.63) is 48.6 Å². The van der Waals surface area contributed by atoms with Crippen molar-refractivity contribution >= 4 is 29.6 Å². The van der Waals surface area contributed by atoms with E-state index in [1.54, 1.807) is 12.1 Å². The van der Waals surface area contributed by atoms with Crippen molar-refractivity contribution < 1.29 is 29.1 Å². The maximum atomic E-state index is 13.6. The summed E-state index contributed by atoms with van der Waals surface area (Å²) in [6, 6.07) is 6.08. The van der Waals surface area contributed by atoms with Gasteiger partial charge in [0, 0.05) is 31.8 Å². The monoisotopic (exact) mass is 470 g/mol. The van der Waals surface area contributed by atoms with Gasteiger partial charge in [-0.3, -0.25) is 19.2 Å². The average molecular weight is 471 g/mol. The number of nitrogens with one attached hydrogen (secondary N) is 1. The van der Waals surface area contributed by atoms with Crippen LogP contribution in [0, 0.1) is 5.92 Å². The number of rotatable bonds is 9. The van der Waals surface area contributed by atoms with Crippen LogP contribution in [-0.4, -0.2) is 75.7 Å². The van der Waals surface area contributed by atoms with Crippen LogP contribution in [0.1, 0.15) is 31.2 Å². The SMILES string of the molecule is C=CC(=O)N1CCC[C@H]1C(=O)N[C@@H](Cc1ccccc1)C(=O)N1CC[C@H](CC(N)=O)[C@H]1C(=O)O. The number of carbonyl (C=O) groups is 5. The van der Waals surface area contributed by atoms with Gasteiger partial charge in [-0.1, -0.05) is 36.9 Å². The topological polar surface area (TPSA) is 150 Å². The first-order valence-electron chi connectivity index (χ1n) is 11.3. The van der Waals surface area contributed by atoms with Gasteiger partial charge < -0.3 is 26.0 Å². The molecule has 0 radical (unpaired) electrons. The molecule has 4 amide bonds. The van der Waals surface area contributed by atoms with Gasteiger partial charge in [-0.2, -0.15) is 0 Å². The van der Waals surface area contributed by atoms with Gasteiger partial charge in [0.2, 0.25) is 23.6 Å². The number of carboxylic acid groups (broad SMARTS) is 1. The van der Waals surface area contributed by atoms with E-state index in [1.807, 2.05) is 18.2 Å². The fraction of sp³-hybridized carbons (Fsp3) is 0.458. The van der Waals surface area contributed by atoms with E-state index in [2.05, 4.69) is 11.9 Å². The number of aliphatic carboxylic acids is 1. The predicted molar refractivity (Wildman–Crippen MR) is 122 cm³/mol. The Kier molecular flexibility index (Phi) is 8.04. The Labute approximate surface area is 197 Å². The normalized spacial score (nSPS) is 22.8. The number of hydrogen-bond donors (Lipinski definition) is 3. The molecule has 2 saturated heterocycles. The van der Waals surface area contributed by atoms with Crippen LogP contribution >= 0.6 is 0 Å². The van der Waals surface area contributed by atoms with E-state index >= 15 is 0 Å². The number of carboxylic acids is 1. The second kappa shape index (κ2) is 11.0. The molecule has 1 aromatic carbocycles. The van der Waals surface area contributed by atoms with Crippen molar-refractivity contribution in [2.75, 3.05) is 13.1 Å². The first-order chi connectivity index (χ1) is 16.2. The first-order valence-corrected chi connectivity index (χ1v) is 11.3. The summed E-state index contributed by atoms with van der Waals surface area (Å²) >= 11 is 0. The molecule has 2 fully saturated rings. The lowest BCUT2D eigenvalue weighted by Gasteiger charge is -2.30.